The third-order valence-electron chi connectivity index (χ3n) is 3.62. The number of hydroxylamine groups is 1. The first-order valence-corrected chi connectivity index (χ1v) is 7.21. The van der Waals surface area contributed by atoms with E-state index in [4.69, 9.17) is 0 Å². The van der Waals surface area contributed by atoms with E-state index < -0.39 is 0 Å². The van der Waals surface area contributed by atoms with Crippen LogP contribution < -0.4 is 5.06 Å². The second kappa shape index (κ2) is 7.06. The van der Waals surface area contributed by atoms with Gasteiger partial charge in [-0.1, -0.05) is 50.5 Å². The maximum Gasteiger partial charge on any atom is 0.237 e. The molecule has 2 aliphatic carbocycles. The SMILES string of the molecule is CCCCCCc1ccc2cccc(N(O)C=O)cc1-2. The molecule has 0 unspecified atom stereocenters. The number of fused-ring (bicyclic) bond motifs is 1. The molecule has 0 aliphatic heterocycles. The average molecular weight is 271 g/mol. The lowest BCUT2D eigenvalue weighted by molar-refractivity contribution is -0.111. The van der Waals surface area contributed by atoms with Gasteiger partial charge >= 0.3 is 0 Å². The van der Waals surface area contributed by atoms with E-state index in [9.17, 15) is 10.0 Å². The summed E-state index contributed by atoms with van der Waals surface area (Å²) < 4.78 is 0. The number of unbranched alkanes of at least 4 members (excludes halogenated alkanes) is 3. The summed E-state index contributed by atoms with van der Waals surface area (Å²) in [6.07, 6.45) is 6.38. The molecule has 0 saturated heterocycles. The van der Waals surface area contributed by atoms with Gasteiger partial charge in [-0.05, 0) is 41.7 Å². The van der Waals surface area contributed by atoms with E-state index >= 15 is 0 Å². The number of aryl methyl sites for hydroxylation is 1. The lowest BCUT2D eigenvalue weighted by Crippen LogP contribution is -2.13. The van der Waals surface area contributed by atoms with Gasteiger partial charge < -0.3 is 0 Å². The molecule has 0 radical (unpaired) electrons. The Morgan fingerprint density at radius 1 is 1.15 bits per heavy atom. The van der Waals surface area contributed by atoms with Crippen LogP contribution in [0.2, 0.25) is 0 Å². The third kappa shape index (κ3) is 3.36. The summed E-state index contributed by atoms with van der Waals surface area (Å²) >= 11 is 0. The summed E-state index contributed by atoms with van der Waals surface area (Å²) in [5.74, 6) is 0. The molecule has 0 fully saturated rings. The maximum absolute atomic E-state index is 10.7. The van der Waals surface area contributed by atoms with Gasteiger partial charge in [0.15, 0.2) is 0 Å². The van der Waals surface area contributed by atoms with Gasteiger partial charge in [0.05, 0.1) is 5.69 Å². The van der Waals surface area contributed by atoms with Crippen LogP contribution in [0.5, 0.6) is 0 Å². The van der Waals surface area contributed by atoms with Gasteiger partial charge in [-0.2, -0.15) is 5.06 Å². The fraction of sp³-hybridized carbons (Fsp3) is 0.353. The number of nitrogens with zero attached hydrogens (tertiary/aromatic N) is 1. The molecule has 0 aromatic carbocycles. The standard InChI is InChI=1S/C17H21NO2/c1-2-3-4-5-7-14-10-11-15-8-6-9-16(12-17(14)15)18(20)13-19/h6,8-13,20H,2-5,7H2,1H3. The summed E-state index contributed by atoms with van der Waals surface area (Å²) in [5, 5.41) is 10.2. The first-order valence-electron chi connectivity index (χ1n) is 7.21. The Hall–Kier alpha value is -1.87. The Morgan fingerprint density at radius 3 is 2.75 bits per heavy atom. The monoisotopic (exact) mass is 271 g/mol. The van der Waals surface area contributed by atoms with Crippen molar-refractivity contribution in [3.63, 3.8) is 0 Å². The number of carbonyl (C=O) groups is 1. The Bertz CT molecular complexity index is 539. The summed E-state index contributed by atoms with van der Waals surface area (Å²) in [6, 6.07) is 11.7. The predicted octanol–water partition coefficient (Wildman–Crippen LogP) is 4.27. The highest BCUT2D eigenvalue weighted by atomic mass is 16.5. The van der Waals surface area contributed by atoms with Crippen LogP contribution >= 0.6 is 0 Å². The van der Waals surface area contributed by atoms with Gasteiger partial charge in [0.1, 0.15) is 0 Å². The second-order valence-electron chi connectivity index (χ2n) is 5.08. The normalized spacial score (nSPS) is 10.7. The Labute approximate surface area is 120 Å². The zero-order valence-corrected chi connectivity index (χ0v) is 11.9. The van der Waals surface area contributed by atoms with Crippen molar-refractivity contribution in [2.75, 3.05) is 5.06 Å². The van der Waals surface area contributed by atoms with E-state index in [-0.39, 0.29) is 0 Å². The minimum atomic E-state index is 0.408. The molecule has 106 valence electrons. The molecule has 0 saturated carbocycles. The maximum atomic E-state index is 10.7. The molecule has 0 aromatic heterocycles. The van der Waals surface area contributed by atoms with E-state index in [1.54, 1.807) is 6.07 Å². The summed E-state index contributed by atoms with van der Waals surface area (Å²) in [6.45, 7) is 2.21. The molecule has 2 rings (SSSR count). The number of amides is 1. The van der Waals surface area contributed by atoms with Gasteiger partial charge in [-0.3, -0.25) is 10.0 Å². The highest BCUT2D eigenvalue weighted by Gasteiger charge is 2.10. The quantitative estimate of drug-likeness (QED) is 0.353. The van der Waals surface area contributed by atoms with Crippen LogP contribution in [0, 0.1) is 0 Å². The first-order chi connectivity index (χ1) is 9.76. The molecule has 0 atom stereocenters. The van der Waals surface area contributed by atoms with Crippen LogP contribution in [-0.4, -0.2) is 11.6 Å². The van der Waals surface area contributed by atoms with Crippen LogP contribution in [0.1, 0.15) is 38.2 Å². The van der Waals surface area contributed by atoms with Crippen LogP contribution in [-0.2, 0) is 11.2 Å². The van der Waals surface area contributed by atoms with E-state index in [0.717, 1.165) is 17.5 Å². The molecule has 3 nitrogen and oxygen atoms in total. The minimum Gasteiger partial charge on any atom is -0.281 e. The molecular weight excluding hydrogens is 250 g/mol. The largest absolute Gasteiger partial charge is 0.281 e. The Kier molecular flexibility index (Phi) is 5.13. The fourth-order valence-electron chi connectivity index (χ4n) is 2.49. The third-order valence-corrected chi connectivity index (χ3v) is 3.62. The van der Waals surface area contributed by atoms with E-state index in [1.165, 1.54) is 31.2 Å². The molecule has 2 aliphatic rings. The molecule has 0 heterocycles. The van der Waals surface area contributed by atoms with Crippen molar-refractivity contribution >= 4 is 12.1 Å². The smallest absolute Gasteiger partial charge is 0.237 e. The first kappa shape index (κ1) is 14.5. The number of carbonyl (C=O) groups excluding carboxylic acids is 1. The fourth-order valence-corrected chi connectivity index (χ4v) is 2.49. The van der Waals surface area contributed by atoms with Crippen LogP contribution in [0.4, 0.5) is 5.69 Å². The molecule has 1 N–H and O–H groups in total. The lowest BCUT2D eigenvalue weighted by atomic mass is 10.0. The summed E-state index contributed by atoms with van der Waals surface area (Å²) in [4.78, 5) is 10.7. The van der Waals surface area contributed by atoms with Gasteiger partial charge in [-0.15, -0.1) is 0 Å². The molecule has 3 heteroatoms. The number of anilines is 1. The zero-order chi connectivity index (χ0) is 14.4. The summed E-state index contributed by atoms with van der Waals surface area (Å²) in [5.41, 5.74) is 4.03. The van der Waals surface area contributed by atoms with Crippen molar-refractivity contribution in [2.45, 2.75) is 39.0 Å². The van der Waals surface area contributed by atoms with Crippen LogP contribution in [0.3, 0.4) is 0 Å². The van der Waals surface area contributed by atoms with Crippen molar-refractivity contribution in [3.05, 3.63) is 42.0 Å². The van der Waals surface area contributed by atoms with Gasteiger partial charge in [0.2, 0.25) is 6.41 Å². The molecule has 20 heavy (non-hydrogen) atoms. The van der Waals surface area contributed by atoms with Crippen LogP contribution in [0.25, 0.3) is 11.1 Å². The number of hydrogen-bond acceptors (Lipinski definition) is 2. The van der Waals surface area contributed by atoms with E-state index in [1.807, 2.05) is 18.2 Å². The minimum absolute atomic E-state index is 0.408. The van der Waals surface area contributed by atoms with E-state index in [2.05, 4.69) is 19.1 Å². The van der Waals surface area contributed by atoms with Crippen molar-refractivity contribution < 1.29 is 10.0 Å². The summed E-state index contributed by atoms with van der Waals surface area (Å²) in [7, 11) is 0. The van der Waals surface area contributed by atoms with Crippen molar-refractivity contribution in [1.29, 1.82) is 0 Å². The van der Waals surface area contributed by atoms with Crippen molar-refractivity contribution in [1.82, 2.24) is 0 Å². The van der Waals surface area contributed by atoms with E-state index in [0.29, 0.717) is 17.2 Å². The Morgan fingerprint density at radius 2 is 2.00 bits per heavy atom. The predicted molar refractivity (Wildman–Crippen MR) is 81.2 cm³/mol. The highest BCUT2D eigenvalue weighted by molar-refractivity contribution is 5.78. The molecule has 0 bridgehead atoms. The number of rotatable bonds is 7. The molecular formula is C17H21NO2. The van der Waals surface area contributed by atoms with Gasteiger partial charge in [-0.25, -0.2) is 0 Å². The van der Waals surface area contributed by atoms with Crippen LogP contribution in [0.15, 0.2) is 36.4 Å². The number of hydrogen-bond donors (Lipinski definition) is 1. The average Bonchev–Trinajstić information content (AvgIpc) is 2.71. The second-order valence-corrected chi connectivity index (χ2v) is 5.08. The zero-order valence-electron chi connectivity index (χ0n) is 11.9. The molecule has 0 spiro atoms. The Balaban J connectivity index is 2.22. The highest BCUT2D eigenvalue weighted by Crippen LogP contribution is 2.31. The lowest BCUT2D eigenvalue weighted by Gasteiger charge is -2.07. The van der Waals surface area contributed by atoms with Gasteiger partial charge in [0, 0.05) is 0 Å². The topological polar surface area (TPSA) is 40.5 Å². The molecule has 1 amide bonds. The van der Waals surface area contributed by atoms with Crippen molar-refractivity contribution in [3.8, 4) is 11.1 Å². The van der Waals surface area contributed by atoms with Gasteiger partial charge in [0.25, 0.3) is 0 Å². The molecule has 0 aromatic rings. The van der Waals surface area contributed by atoms with Crippen molar-refractivity contribution in [2.24, 2.45) is 0 Å².